The molecule has 124 valence electrons. The minimum atomic E-state index is 0.112. The van der Waals surface area contributed by atoms with E-state index in [1.165, 1.54) is 25.7 Å². The molecule has 24 heavy (non-hydrogen) atoms. The van der Waals surface area contributed by atoms with Crippen molar-refractivity contribution in [1.82, 2.24) is 19.8 Å². The molecule has 1 aliphatic carbocycles. The number of aromatic nitrogens is 2. The average Bonchev–Trinajstić information content (AvgIpc) is 3.46. The van der Waals surface area contributed by atoms with Crippen LogP contribution >= 0.6 is 0 Å². The lowest BCUT2D eigenvalue weighted by Gasteiger charge is -2.35. The number of benzene rings is 1. The highest BCUT2D eigenvalue weighted by Gasteiger charge is 2.28. The summed E-state index contributed by atoms with van der Waals surface area (Å²) in [4.78, 5) is 25.6. The Hall–Kier alpha value is -2.27. The molecule has 0 bridgehead atoms. The Morgan fingerprint density at radius 2 is 1.75 bits per heavy atom. The molecule has 0 spiro atoms. The third-order valence-corrected chi connectivity index (χ3v) is 4.90. The normalized spacial score (nSPS) is 18.6. The van der Waals surface area contributed by atoms with Crippen molar-refractivity contribution in [3.05, 3.63) is 48.5 Å². The summed E-state index contributed by atoms with van der Waals surface area (Å²) >= 11 is 0. The molecule has 1 amide bonds. The summed E-state index contributed by atoms with van der Waals surface area (Å²) in [6.45, 7) is 4.80. The van der Waals surface area contributed by atoms with Crippen molar-refractivity contribution in [2.24, 2.45) is 5.92 Å². The second-order valence-corrected chi connectivity index (χ2v) is 6.71. The van der Waals surface area contributed by atoms with Gasteiger partial charge < -0.3 is 4.90 Å². The van der Waals surface area contributed by atoms with Gasteiger partial charge in [0.25, 0.3) is 5.91 Å². The van der Waals surface area contributed by atoms with E-state index in [1.807, 2.05) is 29.2 Å². The monoisotopic (exact) mass is 322 g/mol. The van der Waals surface area contributed by atoms with Gasteiger partial charge in [0.05, 0.1) is 0 Å². The van der Waals surface area contributed by atoms with Crippen molar-refractivity contribution in [3.63, 3.8) is 0 Å². The van der Waals surface area contributed by atoms with E-state index in [9.17, 15) is 4.79 Å². The van der Waals surface area contributed by atoms with Gasteiger partial charge in [0.2, 0.25) is 0 Å². The predicted molar refractivity (Wildman–Crippen MR) is 92.5 cm³/mol. The standard InChI is InChI=1S/C19H22N4O/c24-19(23-9-7-22(8-10-23)13-15-5-6-15)18-4-2-1-3-17(18)16-11-20-14-21-12-16/h1-4,11-12,14-15H,5-10,13H2. The van der Waals surface area contributed by atoms with Gasteiger partial charge in [-0.1, -0.05) is 18.2 Å². The lowest BCUT2D eigenvalue weighted by Crippen LogP contribution is -2.49. The molecule has 1 saturated carbocycles. The zero-order valence-corrected chi connectivity index (χ0v) is 13.8. The molecule has 0 unspecified atom stereocenters. The van der Waals surface area contributed by atoms with Crippen molar-refractivity contribution in [3.8, 4) is 11.1 Å². The number of hydrogen-bond acceptors (Lipinski definition) is 4. The Morgan fingerprint density at radius 3 is 2.46 bits per heavy atom. The fraction of sp³-hybridized carbons (Fsp3) is 0.421. The molecular formula is C19H22N4O. The largest absolute Gasteiger partial charge is 0.336 e. The molecule has 1 aromatic heterocycles. The highest BCUT2D eigenvalue weighted by atomic mass is 16.2. The molecule has 1 saturated heterocycles. The van der Waals surface area contributed by atoms with Crippen LogP contribution in [0.25, 0.3) is 11.1 Å². The molecule has 4 rings (SSSR count). The van der Waals surface area contributed by atoms with Crippen LogP contribution in [0, 0.1) is 5.92 Å². The zero-order valence-electron chi connectivity index (χ0n) is 13.8. The van der Waals surface area contributed by atoms with Gasteiger partial charge in [-0.3, -0.25) is 9.69 Å². The van der Waals surface area contributed by atoms with E-state index in [2.05, 4.69) is 14.9 Å². The number of carbonyl (C=O) groups is 1. The molecule has 0 radical (unpaired) electrons. The smallest absolute Gasteiger partial charge is 0.254 e. The third-order valence-electron chi connectivity index (χ3n) is 4.90. The van der Waals surface area contributed by atoms with Crippen LogP contribution in [0.2, 0.25) is 0 Å². The minimum absolute atomic E-state index is 0.112. The minimum Gasteiger partial charge on any atom is -0.336 e. The zero-order chi connectivity index (χ0) is 16.4. The van der Waals surface area contributed by atoms with E-state index >= 15 is 0 Å². The Morgan fingerprint density at radius 1 is 1.04 bits per heavy atom. The molecule has 2 aromatic rings. The van der Waals surface area contributed by atoms with E-state index in [0.717, 1.165) is 48.8 Å². The van der Waals surface area contributed by atoms with Crippen LogP contribution in [0.5, 0.6) is 0 Å². The first kappa shape index (κ1) is 15.3. The van der Waals surface area contributed by atoms with Gasteiger partial charge >= 0.3 is 0 Å². The third kappa shape index (κ3) is 3.31. The molecule has 0 atom stereocenters. The second-order valence-electron chi connectivity index (χ2n) is 6.71. The summed E-state index contributed by atoms with van der Waals surface area (Å²) in [6, 6.07) is 7.74. The van der Waals surface area contributed by atoms with E-state index < -0.39 is 0 Å². The summed E-state index contributed by atoms with van der Waals surface area (Å²) < 4.78 is 0. The maximum atomic E-state index is 13.0. The predicted octanol–water partition coefficient (Wildman–Crippen LogP) is 2.31. The lowest BCUT2D eigenvalue weighted by atomic mass is 10.0. The highest BCUT2D eigenvalue weighted by Crippen LogP contribution is 2.30. The van der Waals surface area contributed by atoms with Crippen molar-refractivity contribution in [2.75, 3.05) is 32.7 Å². The fourth-order valence-corrected chi connectivity index (χ4v) is 3.33. The quantitative estimate of drug-likeness (QED) is 0.867. The van der Waals surface area contributed by atoms with Gasteiger partial charge in [-0.2, -0.15) is 0 Å². The fourth-order valence-electron chi connectivity index (χ4n) is 3.33. The first-order chi connectivity index (χ1) is 11.8. The molecule has 2 heterocycles. The Labute approximate surface area is 142 Å². The van der Waals surface area contributed by atoms with Gasteiger partial charge in [0, 0.05) is 56.2 Å². The number of piperazine rings is 1. The summed E-state index contributed by atoms with van der Waals surface area (Å²) in [5.41, 5.74) is 2.53. The van der Waals surface area contributed by atoms with Crippen molar-refractivity contribution in [1.29, 1.82) is 0 Å². The van der Waals surface area contributed by atoms with Crippen LogP contribution in [0.1, 0.15) is 23.2 Å². The van der Waals surface area contributed by atoms with Gasteiger partial charge in [0.1, 0.15) is 6.33 Å². The molecule has 0 N–H and O–H groups in total. The number of nitrogens with zero attached hydrogens (tertiary/aromatic N) is 4. The van der Waals surface area contributed by atoms with Crippen LogP contribution in [0.4, 0.5) is 0 Å². The van der Waals surface area contributed by atoms with Gasteiger partial charge in [0.15, 0.2) is 0 Å². The molecule has 2 fully saturated rings. The maximum Gasteiger partial charge on any atom is 0.254 e. The van der Waals surface area contributed by atoms with E-state index in [1.54, 1.807) is 12.4 Å². The Balaban J connectivity index is 1.49. The summed E-state index contributed by atoms with van der Waals surface area (Å²) in [5.74, 6) is 1.02. The van der Waals surface area contributed by atoms with Crippen molar-refractivity contribution in [2.45, 2.75) is 12.8 Å². The first-order valence-electron chi connectivity index (χ1n) is 8.67. The number of hydrogen-bond donors (Lipinski definition) is 0. The average molecular weight is 322 g/mol. The van der Waals surface area contributed by atoms with Crippen LogP contribution < -0.4 is 0 Å². The van der Waals surface area contributed by atoms with Crippen molar-refractivity contribution >= 4 is 5.91 Å². The van der Waals surface area contributed by atoms with E-state index in [4.69, 9.17) is 0 Å². The Kier molecular flexibility index (Phi) is 4.26. The van der Waals surface area contributed by atoms with Crippen molar-refractivity contribution < 1.29 is 4.79 Å². The van der Waals surface area contributed by atoms with Crippen LogP contribution in [-0.2, 0) is 0 Å². The summed E-state index contributed by atoms with van der Waals surface area (Å²) in [6.07, 6.45) is 7.78. The van der Waals surface area contributed by atoms with Gasteiger partial charge in [-0.15, -0.1) is 0 Å². The summed E-state index contributed by atoms with van der Waals surface area (Å²) in [7, 11) is 0. The first-order valence-corrected chi connectivity index (χ1v) is 8.67. The maximum absolute atomic E-state index is 13.0. The lowest BCUT2D eigenvalue weighted by molar-refractivity contribution is 0.0633. The molecular weight excluding hydrogens is 300 g/mol. The van der Waals surface area contributed by atoms with E-state index in [0.29, 0.717) is 0 Å². The SMILES string of the molecule is O=C(c1ccccc1-c1cncnc1)N1CCN(CC2CC2)CC1. The summed E-state index contributed by atoms with van der Waals surface area (Å²) in [5, 5.41) is 0. The van der Waals surface area contributed by atoms with Gasteiger partial charge in [-0.25, -0.2) is 9.97 Å². The number of carbonyl (C=O) groups excluding carboxylic acids is 1. The number of rotatable bonds is 4. The molecule has 2 aliphatic rings. The number of amides is 1. The van der Waals surface area contributed by atoms with Crippen LogP contribution in [-0.4, -0.2) is 58.4 Å². The highest BCUT2D eigenvalue weighted by molar-refractivity contribution is 6.00. The van der Waals surface area contributed by atoms with E-state index in [-0.39, 0.29) is 5.91 Å². The molecule has 5 nitrogen and oxygen atoms in total. The van der Waals surface area contributed by atoms with Crippen LogP contribution in [0.15, 0.2) is 43.0 Å². The topological polar surface area (TPSA) is 49.3 Å². The molecule has 1 aliphatic heterocycles. The second kappa shape index (κ2) is 6.69. The van der Waals surface area contributed by atoms with Crippen LogP contribution in [0.3, 0.4) is 0 Å². The molecule has 1 aromatic carbocycles. The molecule has 5 heteroatoms. The Bertz CT molecular complexity index is 706. The van der Waals surface area contributed by atoms with Gasteiger partial charge in [-0.05, 0) is 30.4 Å².